The minimum absolute atomic E-state index is 0.271. The molecule has 0 aliphatic rings. The third kappa shape index (κ3) is 4.36. The van der Waals surface area contributed by atoms with Crippen molar-refractivity contribution in [2.45, 2.75) is 13.0 Å². The largest absolute Gasteiger partial charge is 0.366 e. The number of carbonyl (C=O) groups is 1. The van der Waals surface area contributed by atoms with Gasteiger partial charge in [0.05, 0.1) is 0 Å². The molecule has 3 nitrogen and oxygen atoms in total. The fourth-order valence-electron chi connectivity index (χ4n) is 2.01. The van der Waals surface area contributed by atoms with Gasteiger partial charge in [0.25, 0.3) is 0 Å². The van der Waals surface area contributed by atoms with Crippen molar-refractivity contribution in [2.24, 2.45) is 5.73 Å². The first-order chi connectivity index (χ1) is 10.1. The maximum absolute atomic E-state index is 13.6. The molecule has 110 valence electrons. The van der Waals surface area contributed by atoms with Crippen molar-refractivity contribution >= 4 is 5.91 Å². The van der Waals surface area contributed by atoms with Gasteiger partial charge in [0, 0.05) is 17.7 Å². The van der Waals surface area contributed by atoms with Gasteiger partial charge in [-0.3, -0.25) is 4.79 Å². The number of primary amides is 1. The summed E-state index contributed by atoms with van der Waals surface area (Å²) in [6.07, 6.45) is 0.634. The molecular weight excluding hydrogens is 274 g/mol. The third-order valence-corrected chi connectivity index (χ3v) is 3.13. The van der Waals surface area contributed by atoms with E-state index in [1.165, 1.54) is 30.3 Å². The van der Waals surface area contributed by atoms with E-state index in [1.54, 1.807) is 6.07 Å². The summed E-state index contributed by atoms with van der Waals surface area (Å²) in [5.74, 6) is -1.25. The molecule has 0 aliphatic carbocycles. The second-order valence-corrected chi connectivity index (χ2v) is 4.73. The smallest absolute Gasteiger partial charge is 0.248 e. The summed E-state index contributed by atoms with van der Waals surface area (Å²) in [7, 11) is 0. The van der Waals surface area contributed by atoms with Crippen LogP contribution < -0.4 is 11.1 Å². The van der Waals surface area contributed by atoms with Crippen LogP contribution in [0.2, 0.25) is 0 Å². The van der Waals surface area contributed by atoms with Crippen LogP contribution >= 0.6 is 0 Å². The Hall–Kier alpha value is -2.27. The van der Waals surface area contributed by atoms with Crippen molar-refractivity contribution in [1.82, 2.24) is 5.32 Å². The zero-order valence-corrected chi connectivity index (χ0v) is 11.4. The van der Waals surface area contributed by atoms with E-state index in [1.807, 2.05) is 6.07 Å². The molecule has 0 aromatic heterocycles. The lowest BCUT2D eigenvalue weighted by molar-refractivity contribution is 0.1000. The van der Waals surface area contributed by atoms with Gasteiger partial charge in [-0.25, -0.2) is 8.78 Å². The van der Waals surface area contributed by atoms with Crippen molar-refractivity contribution < 1.29 is 13.6 Å². The third-order valence-electron chi connectivity index (χ3n) is 3.13. The Bertz CT molecular complexity index is 644. The molecule has 0 saturated heterocycles. The molecule has 0 radical (unpaired) electrons. The average molecular weight is 290 g/mol. The van der Waals surface area contributed by atoms with Crippen molar-refractivity contribution in [1.29, 1.82) is 0 Å². The zero-order valence-electron chi connectivity index (χ0n) is 11.4. The fraction of sp³-hybridized carbons (Fsp3) is 0.188. The first-order valence-electron chi connectivity index (χ1n) is 6.59. The topological polar surface area (TPSA) is 55.1 Å². The van der Waals surface area contributed by atoms with E-state index >= 15 is 0 Å². The van der Waals surface area contributed by atoms with E-state index in [0.717, 1.165) is 5.56 Å². The molecule has 0 spiro atoms. The summed E-state index contributed by atoms with van der Waals surface area (Å²) < 4.78 is 26.6. The van der Waals surface area contributed by atoms with Gasteiger partial charge < -0.3 is 11.1 Å². The number of nitrogens with one attached hydrogen (secondary N) is 1. The van der Waals surface area contributed by atoms with Crippen molar-refractivity contribution in [3.05, 3.63) is 70.8 Å². The molecule has 2 rings (SSSR count). The van der Waals surface area contributed by atoms with E-state index in [4.69, 9.17) is 5.73 Å². The van der Waals surface area contributed by atoms with Gasteiger partial charge in [0.2, 0.25) is 5.91 Å². The van der Waals surface area contributed by atoms with Crippen LogP contribution in [0.25, 0.3) is 0 Å². The number of benzene rings is 2. The Morgan fingerprint density at radius 3 is 2.67 bits per heavy atom. The summed E-state index contributed by atoms with van der Waals surface area (Å²) in [6.45, 7) is 0.853. The van der Waals surface area contributed by atoms with Gasteiger partial charge in [-0.15, -0.1) is 0 Å². The highest BCUT2D eigenvalue weighted by Gasteiger charge is 2.06. The second kappa shape index (κ2) is 6.95. The summed E-state index contributed by atoms with van der Waals surface area (Å²) in [5.41, 5.74) is 6.69. The van der Waals surface area contributed by atoms with Crippen molar-refractivity contribution in [3.8, 4) is 0 Å². The Kier molecular flexibility index (Phi) is 5.00. The highest BCUT2D eigenvalue weighted by Crippen LogP contribution is 2.10. The van der Waals surface area contributed by atoms with Gasteiger partial charge >= 0.3 is 0 Å². The van der Waals surface area contributed by atoms with E-state index in [0.29, 0.717) is 18.5 Å². The minimum atomic E-state index is -0.587. The molecule has 5 heteroatoms. The normalized spacial score (nSPS) is 10.6. The van der Waals surface area contributed by atoms with Crippen LogP contribution in [0.1, 0.15) is 21.5 Å². The Morgan fingerprint density at radius 2 is 1.95 bits per heavy atom. The summed E-state index contributed by atoms with van der Waals surface area (Å²) in [6, 6.07) is 10.4. The number of halogens is 2. The van der Waals surface area contributed by atoms with Crippen LogP contribution in [-0.4, -0.2) is 12.5 Å². The molecule has 2 aromatic rings. The number of carbonyl (C=O) groups excluding carboxylic acids is 1. The molecule has 21 heavy (non-hydrogen) atoms. The second-order valence-electron chi connectivity index (χ2n) is 4.73. The SMILES string of the molecule is NC(=O)c1ccc(F)c(CNCCc2cccc(F)c2)c1. The first-order valence-corrected chi connectivity index (χ1v) is 6.59. The maximum atomic E-state index is 13.6. The zero-order chi connectivity index (χ0) is 15.2. The van der Waals surface area contributed by atoms with Crippen LogP contribution in [-0.2, 0) is 13.0 Å². The predicted molar refractivity (Wildman–Crippen MR) is 76.7 cm³/mol. The van der Waals surface area contributed by atoms with Crippen molar-refractivity contribution in [3.63, 3.8) is 0 Å². The molecule has 2 aromatic carbocycles. The molecule has 0 heterocycles. The van der Waals surface area contributed by atoms with Crippen LogP contribution in [0.4, 0.5) is 8.78 Å². The molecule has 3 N–H and O–H groups in total. The summed E-state index contributed by atoms with van der Waals surface area (Å²) >= 11 is 0. The van der Waals surface area contributed by atoms with E-state index in [2.05, 4.69) is 5.32 Å². The highest BCUT2D eigenvalue weighted by atomic mass is 19.1. The van der Waals surface area contributed by atoms with Crippen LogP contribution in [0.5, 0.6) is 0 Å². The fourth-order valence-corrected chi connectivity index (χ4v) is 2.01. The van der Waals surface area contributed by atoms with Gasteiger partial charge in [-0.2, -0.15) is 0 Å². The first kappa shape index (κ1) is 15.1. The van der Waals surface area contributed by atoms with E-state index in [-0.39, 0.29) is 17.9 Å². The predicted octanol–water partition coefficient (Wildman–Crippen LogP) is 2.40. The molecule has 0 fully saturated rings. The Labute approximate surface area is 121 Å². The maximum Gasteiger partial charge on any atom is 0.248 e. The molecule has 0 bridgehead atoms. The quantitative estimate of drug-likeness (QED) is 0.803. The van der Waals surface area contributed by atoms with Gasteiger partial charge in [-0.05, 0) is 48.9 Å². The van der Waals surface area contributed by atoms with Crippen LogP contribution in [0, 0.1) is 11.6 Å². The Balaban J connectivity index is 1.88. The number of amides is 1. The molecule has 0 aliphatic heterocycles. The lowest BCUT2D eigenvalue weighted by atomic mass is 10.1. The molecule has 0 saturated carbocycles. The Morgan fingerprint density at radius 1 is 1.14 bits per heavy atom. The van der Waals surface area contributed by atoms with Gasteiger partial charge in [0.15, 0.2) is 0 Å². The number of nitrogens with two attached hydrogens (primary N) is 1. The molecule has 0 unspecified atom stereocenters. The standard InChI is InChI=1S/C16H16F2N2O/c17-14-3-1-2-11(8-14)6-7-20-10-13-9-12(16(19)21)4-5-15(13)18/h1-5,8-9,20H,6-7,10H2,(H2,19,21). The average Bonchev–Trinajstić information content (AvgIpc) is 2.45. The summed E-state index contributed by atoms with van der Waals surface area (Å²) in [4.78, 5) is 11.1. The lowest BCUT2D eigenvalue weighted by Gasteiger charge is -2.07. The van der Waals surface area contributed by atoms with Crippen LogP contribution in [0.15, 0.2) is 42.5 Å². The lowest BCUT2D eigenvalue weighted by Crippen LogP contribution is -2.18. The number of rotatable bonds is 6. The number of hydrogen-bond acceptors (Lipinski definition) is 2. The van der Waals surface area contributed by atoms with Gasteiger partial charge in [0.1, 0.15) is 11.6 Å². The molecule has 0 atom stereocenters. The summed E-state index contributed by atoms with van der Waals surface area (Å²) in [5, 5.41) is 3.06. The van der Waals surface area contributed by atoms with Crippen molar-refractivity contribution in [2.75, 3.05) is 6.54 Å². The highest BCUT2D eigenvalue weighted by molar-refractivity contribution is 5.92. The van der Waals surface area contributed by atoms with E-state index in [9.17, 15) is 13.6 Å². The number of hydrogen-bond donors (Lipinski definition) is 2. The van der Waals surface area contributed by atoms with Gasteiger partial charge in [-0.1, -0.05) is 12.1 Å². The molecular formula is C16H16F2N2O. The molecule has 1 amide bonds. The van der Waals surface area contributed by atoms with E-state index < -0.39 is 11.7 Å². The monoisotopic (exact) mass is 290 g/mol. The minimum Gasteiger partial charge on any atom is -0.366 e. The van der Waals surface area contributed by atoms with Crippen LogP contribution in [0.3, 0.4) is 0 Å².